The quantitative estimate of drug-likeness (QED) is 0.389. The summed E-state index contributed by atoms with van der Waals surface area (Å²) in [5.74, 6) is 1.78. The van der Waals surface area contributed by atoms with Crippen molar-refractivity contribution in [2.45, 2.75) is 19.9 Å². The molecule has 0 radical (unpaired) electrons. The van der Waals surface area contributed by atoms with Crippen molar-refractivity contribution in [3.8, 4) is 5.75 Å². The van der Waals surface area contributed by atoms with Gasteiger partial charge < -0.3 is 19.9 Å². The van der Waals surface area contributed by atoms with Crippen LogP contribution in [0, 0.1) is 6.92 Å². The van der Waals surface area contributed by atoms with E-state index in [1.54, 1.807) is 7.11 Å². The molecule has 5 nitrogen and oxygen atoms in total. The minimum absolute atomic E-state index is 0.682. The SMILES string of the molecule is COc1ccc(NC(=S)N(CCc2nc3ccccc3[nH]2)Cc2ccc(C)cc2)cc1. The van der Waals surface area contributed by atoms with Crippen molar-refractivity contribution in [2.24, 2.45) is 0 Å². The molecular weight excluding hydrogens is 404 g/mol. The lowest BCUT2D eigenvalue weighted by Crippen LogP contribution is -2.36. The fraction of sp³-hybridized carbons (Fsp3) is 0.200. The number of benzene rings is 3. The lowest BCUT2D eigenvalue weighted by molar-refractivity contribution is 0.414. The molecule has 0 saturated heterocycles. The summed E-state index contributed by atoms with van der Waals surface area (Å²) in [6.07, 6.45) is 0.769. The van der Waals surface area contributed by atoms with Gasteiger partial charge in [0, 0.05) is 25.2 Å². The number of hydrogen-bond donors (Lipinski definition) is 2. The first-order chi connectivity index (χ1) is 15.1. The monoisotopic (exact) mass is 430 g/mol. The predicted molar refractivity (Wildman–Crippen MR) is 131 cm³/mol. The summed E-state index contributed by atoms with van der Waals surface area (Å²) in [7, 11) is 1.66. The van der Waals surface area contributed by atoms with Crippen molar-refractivity contribution in [3.05, 3.63) is 89.7 Å². The second-order valence-corrected chi connectivity index (χ2v) is 7.90. The van der Waals surface area contributed by atoms with Gasteiger partial charge >= 0.3 is 0 Å². The minimum Gasteiger partial charge on any atom is -0.497 e. The second kappa shape index (κ2) is 9.62. The van der Waals surface area contributed by atoms with Gasteiger partial charge in [-0.3, -0.25) is 0 Å². The van der Waals surface area contributed by atoms with Gasteiger partial charge in [-0.2, -0.15) is 0 Å². The average Bonchev–Trinajstić information content (AvgIpc) is 3.21. The second-order valence-electron chi connectivity index (χ2n) is 7.52. The zero-order chi connectivity index (χ0) is 21.6. The van der Waals surface area contributed by atoms with Gasteiger partial charge in [0.25, 0.3) is 0 Å². The Bertz CT molecular complexity index is 1120. The molecular formula is C25H26N4OS. The van der Waals surface area contributed by atoms with Crippen LogP contribution in [0.15, 0.2) is 72.8 Å². The zero-order valence-electron chi connectivity index (χ0n) is 17.8. The molecule has 0 unspecified atom stereocenters. The first-order valence-corrected chi connectivity index (χ1v) is 10.7. The van der Waals surface area contributed by atoms with Crippen LogP contribution in [0.2, 0.25) is 0 Å². The molecule has 6 heteroatoms. The van der Waals surface area contributed by atoms with Crippen molar-refractivity contribution in [1.82, 2.24) is 14.9 Å². The van der Waals surface area contributed by atoms with Crippen molar-refractivity contribution in [1.29, 1.82) is 0 Å². The highest BCUT2D eigenvalue weighted by molar-refractivity contribution is 7.80. The fourth-order valence-corrected chi connectivity index (χ4v) is 3.68. The van der Waals surface area contributed by atoms with E-state index in [4.69, 9.17) is 21.9 Å². The van der Waals surface area contributed by atoms with E-state index < -0.39 is 0 Å². The number of rotatable bonds is 7. The maximum atomic E-state index is 5.78. The van der Waals surface area contributed by atoms with Gasteiger partial charge in [0.05, 0.1) is 18.1 Å². The molecule has 0 aliphatic carbocycles. The van der Waals surface area contributed by atoms with Crippen LogP contribution in [-0.4, -0.2) is 33.6 Å². The summed E-state index contributed by atoms with van der Waals surface area (Å²) in [4.78, 5) is 10.3. The molecule has 1 aromatic heterocycles. The Balaban J connectivity index is 1.49. The molecule has 0 saturated carbocycles. The Morgan fingerprint density at radius 1 is 1.03 bits per heavy atom. The van der Waals surface area contributed by atoms with Gasteiger partial charge in [-0.15, -0.1) is 0 Å². The summed E-state index contributed by atoms with van der Waals surface area (Å²) >= 11 is 5.78. The third-order valence-electron chi connectivity index (χ3n) is 5.18. The largest absolute Gasteiger partial charge is 0.497 e. The van der Waals surface area contributed by atoms with Crippen LogP contribution >= 0.6 is 12.2 Å². The molecule has 0 bridgehead atoms. The third-order valence-corrected chi connectivity index (χ3v) is 5.54. The standard InChI is InChI=1S/C25H26N4OS/c1-18-7-9-19(10-8-18)17-29(25(31)26-20-11-13-21(30-2)14-12-20)16-15-24-27-22-5-3-4-6-23(22)28-24/h3-14H,15-17H2,1-2H3,(H,26,31)(H,27,28). The number of para-hydroxylation sites is 2. The number of hydrogen-bond acceptors (Lipinski definition) is 3. The molecule has 0 fully saturated rings. The Morgan fingerprint density at radius 2 is 1.77 bits per heavy atom. The lowest BCUT2D eigenvalue weighted by atomic mass is 10.1. The first kappa shape index (κ1) is 20.9. The number of anilines is 1. The molecule has 4 rings (SSSR count). The number of aromatic nitrogens is 2. The molecule has 0 aliphatic heterocycles. The molecule has 3 aromatic carbocycles. The molecule has 31 heavy (non-hydrogen) atoms. The number of imidazole rings is 1. The van der Waals surface area contributed by atoms with Crippen LogP contribution in [0.25, 0.3) is 11.0 Å². The first-order valence-electron chi connectivity index (χ1n) is 10.3. The number of H-pyrrole nitrogens is 1. The number of ether oxygens (including phenoxy) is 1. The van der Waals surface area contributed by atoms with Gasteiger partial charge in [-0.05, 0) is 61.1 Å². The van der Waals surface area contributed by atoms with Crippen molar-refractivity contribution in [2.75, 3.05) is 19.0 Å². The molecule has 0 atom stereocenters. The normalized spacial score (nSPS) is 10.8. The summed E-state index contributed by atoms with van der Waals surface area (Å²) in [5, 5.41) is 4.04. The average molecular weight is 431 g/mol. The van der Waals surface area contributed by atoms with Gasteiger partial charge in [-0.25, -0.2) is 4.98 Å². The highest BCUT2D eigenvalue weighted by Crippen LogP contribution is 2.17. The lowest BCUT2D eigenvalue weighted by Gasteiger charge is -2.26. The van der Waals surface area contributed by atoms with Crippen LogP contribution in [0.5, 0.6) is 5.75 Å². The number of aryl methyl sites for hydroxylation is 1. The number of methoxy groups -OCH3 is 1. The number of nitrogens with zero attached hydrogens (tertiary/aromatic N) is 2. The molecule has 2 N–H and O–H groups in total. The Labute approximate surface area is 188 Å². The molecule has 0 amide bonds. The summed E-state index contributed by atoms with van der Waals surface area (Å²) in [5.41, 5.74) is 5.44. The summed E-state index contributed by atoms with van der Waals surface area (Å²) < 4.78 is 5.24. The maximum Gasteiger partial charge on any atom is 0.173 e. The van der Waals surface area contributed by atoms with E-state index in [1.807, 2.05) is 48.5 Å². The molecule has 0 spiro atoms. The van der Waals surface area contributed by atoms with Crippen LogP contribution in [0.4, 0.5) is 5.69 Å². The van der Waals surface area contributed by atoms with Crippen LogP contribution in [-0.2, 0) is 13.0 Å². The fourth-order valence-electron chi connectivity index (χ4n) is 3.41. The number of nitrogens with one attached hydrogen (secondary N) is 2. The Hall–Kier alpha value is -3.38. The molecule has 158 valence electrons. The Morgan fingerprint density at radius 3 is 2.48 bits per heavy atom. The predicted octanol–water partition coefficient (Wildman–Crippen LogP) is 5.32. The van der Waals surface area contributed by atoms with Gasteiger partial charge in [0.2, 0.25) is 0 Å². The highest BCUT2D eigenvalue weighted by Gasteiger charge is 2.13. The third kappa shape index (κ3) is 5.41. The molecule has 0 aliphatic rings. The van der Waals surface area contributed by atoms with E-state index in [0.29, 0.717) is 5.11 Å². The number of fused-ring (bicyclic) bond motifs is 1. The van der Waals surface area contributed by atoms with Crippen LogP contribution in [0.1, 0.15) is 17.0 Å². The van der Waals surface area contributed by atoms with E-state index in [-0.39, 0.29) is 0 Å². The van der Waals surface area contributed by atoms with E-state index in [2.05, 4.69) is 46.4 Å². The van der Waals surface area contributed by atoms with E-state index in [1.165, 1.54) is 11.1 Å². The Kier molecular flexibility index (Phi) is 6.48. The van der Waals surface area contributed by atoms with Crippen molar-refractivity contribution in [3.63, 3.8) is 0 Å². The van der Waals surface area contributed by atoms with E-state index >= 15 is 0 Å². The van der Waals surface area contributed by atoms with Gasteiger partial charge in [-0.1, -0.05) is 42.0 Å². The smallest absolute Gasteiger partial charge is 0.173 e. The minimum atomic E-state index is 0.682. The van der Waals surface area contributed by atoms with Gasteiger partial charge in [0.15, 0.2) is 5.11 Å². The van der Waals surface area contributed by atoms with Crippen LogP contribution < -0.4 is 10.1 Å². The molecule has 1 heterocycles. The van der Waals surface area contributed by atoms with Crippen molar-refractivity contribution >= 4 is 34.1 Å². The zero-order valence-corrected chi connectivity index (χ0v) is 18.6. The number of aromatic amines is 1. The van der Waals surface area contributed by atoms with E-state index in [9.17, 15) is 0 Å². The van der Waals surface area contributed by atoms with Gasteiger partial charge in [0.1, 0.15) is 11.6 Å². The van der Waals surface area contributed by atoms with E-state index in [0.717, 1.165) is 47.8 Å². The summed E-state index contributed by atoms with van der Waals surface area (Å²) in [6.45, 7) is 3.57. The topological polar surface area (TPSA) is 53.2 Å². The molecule has 4 aromatic rings. The highest BCUT2D eigenvalue weighted by atomic mass is 32.1. The number of thiocarbonyl (C=S) groups is 1. The van der Waals surface area contributed by atoms with Crippen molar-refractivity contribution < 1.29 is 4.74 Å². The maximum absolute atomic E-state index is 5.78. The summed E-state index contributed by atoms with van der Waals surface area (Å²) in [6, 6.07) is 24.4. The van der Waals surface area contributed by atoms with Crippen LogP contribution in [0.3, 0.4) is 0 Å².